The number of halogens is 1. The van der Waals surface area contributed by atoms with Crippen LogP contribution in [0.4, 0.5) is 5.69 Å². The van der Waals surface area contributed by atoms with Crippen LogP contribution in [-0.4, -0.2) is 5.91 Å². The lowest BCUT2D eigenvalue weighted by Gasteiger charge is -2.10. The van der Waals surface area contributed by atoms with Crippen LogP contribution in [0.3, 0.4) is 0 Å². The molecule has 2 aromatic rings. The average Bonchev–Trinajstić information content (AvgIpc) is 2.37. The van der Waals surface area contributed by atoms with E-state index >= 15 is 0 Å². The van der Waals surface area contributed by atoms with Gasteiger partial charge in [-0.3, -0.25) is 4.79 Å². The topological polar surface area (TPSA) is 29.1 Å². The van der Waals surface area contributed by atoms with Crippen molar-refractivity contribution in [1.82, 2.24) is 0 Å². The van der Waals surface area contributed by atoms with Crippen molar-refractivity contribution in [3.05, 3.63) is 63.6 Å². The van der Waals surface area contributed by atoms with E-state index in [-0.39, 0.29) is 5.91 Å². The van der Waals surface area contributed by atoms with Crippen LogP contribution in [0, 0.1) is 13.8 Å². The Kier molecular flexibility index (Phi) is 3.82. The molecule has 2 aromatic carbocycles. The van der Waals surface area contributed by atoms with E-state index < -0.39 is 0 Å². The normalized spacial score (nSPS) is 10.2. The van der Waals surface area contributed by atoms with Gasteiger partial charge < -0.3 is 5.32 Å². The summed E-state index contributed by atoms with van der Waals surface area (Å²) in [6, 6.07) is 13.2. The zero-order valence-corrected chi connectivity index (χ0v) is 11.9. The molecule has 0 aliphatic rings. The second-order valence-corrected chi connectivity index (χ2v) is 5.09. The average molecular weight is 304 g/mol. The number of rotatable bonds is 2. The summed E-state index contributed by atoms with van der Waals surface area (Å²) in [6.45, 7) is 4.07. The first-order valence-corrected chi connectivity index (χ1v) is 6.50. The predicted molar refractivity (Wildman–Crippen MR) is 78.0 cm³/mol. The molecule has 0 atom stereocenters. The molecule has 0 aromatic heterocycles. The van der Waals surface area contributed by atoms with E-state index in [0.29, 0.717) is 5.56 Å². The summed E-state index contributed by atoms with van der Waals surface area (Å²) in [5.74, 6) is -0.0976. The number of nitrogens with one attached hydrogen (secondary N) is 1. The second-order valence-electron chi connectivity index (χ2n) is 4.24. The Bertz CT molecular complexity index is 579. The van der Waals surface area contributed by atoms with Crippen molar-refractivity contribution >= 4 is 27.5 Å². The monoisotopic (exact) mass is 303 g/mol. The third-order valence-electron chi connectivity index (χ3n) is 2.87. The highest BCUT2D eigenvalue weighted by atomic mass is 79.9. The summed E-state index contributed by atoms with van der Waals surface area (Å²) in [4.78, 5) is 12.0. The Labute approximate surface area is 115 Å². The first-order chi connectivity index (χ1) is 8.58. The predicted octanol–water partition coefficient (Wildman–Crippen LogP) is 4.32. The van der Waals surface area contributed by atoms with Crippen molar-refractivity contribution in [3.63, 3.8) is 0 Å². The van der Waals surface area contributed by atoms with Crippen LogP contribution in [0.5, 0.6) is 0 Å². The Morgan fingerprint density at radius 1 is 1.06 bits per heavy atom. The van der Waals surface area contributed by atoms with Gasteiger partial charge in [0.25, 0.3) is 5.91 Å². The third-order valence-corrected chi connectivity index (χ3v) is 3.52. The van der Waals surface area contributed by atoms with Crippen molar-refractivity contribution in [3.8, 4) is 0 Å². The number of anilines is 1. The number of hydrogen-bond donors (Lipinski definition) is 1. The van der Waals surface area contributed by atoms with E-state index in [4.69, 9.17) is 0 Å². The van der Waals surface area contributed by atoms with Gasteiger partial charge in [0, 0.05) is 10.0 Å². The molecule has 0 heterocycles. The van der Waals surface area contributed by atoms with Gasteiger partial charge in [-0.2, -0.15) is 0 Å². The van der Waals surface area contributed by atoms with Crippen LogP contribution < -0.4 is 5.32 Å². The minimum atomic E-state index is -0.0976. The minimum Gasteiger partial charge on any atom is -0.321 e. The first-order valence-electron chi connectivity index (χ1n) is 5.71. The number of hydrogen-bond acceptors (Lipinski definition) is 1. The summed E-state index contributed by atoms with van der Waals surface area (Å²) in [6.07, 6.45) is 0. The molecule has 0 bridgehead atoms. The summed E-state index contributed by atoms with van der Waals surface area (Å²) in [5, 5.41) is 2.91. The van der Waals surface area contributed by atoms with Gasteiger partial charge in [-0.1, -0.05) is 18.2 Å². The van der Waals surface area contributed by atoms with Crippen molar-refractivity contribution in [2.75, 3.05) is 5.32 Å². The molecule has 0 aliphatic carbocycles. The van der Waals surface area contributed by atoms with E-state index in [0.717, 1.165) is 15.7 Å². The third kappa shape index (κ3) is 2.79. The van der Waals surface area contributed by atoms with Gasteiger partial charge in [0.1, 0.15) is 0 Å². The van der Waals surface area contributed by atoms with Crippen LogP contribution >= 0.6 is 15.9 Å². The summed E-state index contributed by atoms with van der Waals surface area (Å²) < 4.78 is 0.898. The molecule has 2 nitrogen and oxygen atoms in total. The van der Waals surface area contributed by atoms with Gasteiger partial charge in [-0.05, 0) is 65.2 Å². The van der Waals surface area contributed by atoms with Gasteiger partial charge in [-0.25, -0.2) is 0 Å². The SMILES string of the molecule is Cc1cc(Br)c(NC(=O)c2ccccc2)cc1C. The quantitative estimate of drug-likeness (QED) is 0.879. The molecule has 0 saturated heterocycles. The van der Waals surface area contributed by atoms with Crippen LogP contribution in [-0.2, 0) is 0 Å². The number of carbonyl (C=O) groups is 1. The molecule has 0 saturated carbocycles. The molecule has 18 heavy (non-hydrogen) atoms. The molecule has 0 fully saturated rings. The molecular formula is C15H14BrNO. The van der Waals surface area contributed by atoms with Crippen molar-refractivity contribution in [1.29, 1.82) is 0 Å². The molecule has 0 aliphatic heterocycles. The fourth-order valence-corrected chi connectivity index (χ4v) is 2.22. The van der Waals surface area contributed by atoms with Crippen LogP contribution in [0.1, 0.15) is 21.5 Å². The van der Waals surface area contributed by atoms with Gasteiger partial charge in [0.15, 0.2) is 0 Å². The van der Waals surface area contributed by atoms with Crippen LogP contribution in [0.25, 0.3) is 0 Å². The van der Waals surface area contributed by atoms with Gasteiger partial charge >= 0.3 is 0 Å². The Morgan fingerprint density at radius 2 is 1.67 bits per heavy atom. The highest BCUT2D eigenvalue weighted by molar-refractivity contribution is 9.10. The zero-order chi connectivity index (χ0) is 13.1. The van der Waals surface area contributed by atoms with Crippen molar-refractivity contribution in [2.24, 2.45) is 0 Å². The molecule has 1 amide bonds. The highest BCUT2D eigenvalue weighted by Gasteiger charge is 2.08. The largest absolute Gasteiger partial charge is 0.321 e. The van der Waals surface area contributed by atoms with Crippen LogP contribution in [0.15, 0.2) is 46.9 Å². The molecule has 0 unspecified atom stereocenters. The molecule has 3 heteroatoms. The van der Waals surface area contributed by atoms with Crippen molar-refractivity contribution < 1.29 is 4.79 Å². The first kappa shape index (κ1) is 12.8. The lowest BCUT2D eigenvalue weighted by atomic mass is 10.1. The fraction of sp³-hybridized carbons (Fsp3) is 0.133. The minimum absolute atomic E-state index is 0.0976. The van der Waals surface area contributed by atoms with Crippen LogP contribution in [0.2, 0.25) is 0 Å². The highest BCUT2D eigenvalue weighted by Crippen LogP contribution is 2.26. The molecule has 92 valence electrons. The summed E-state index contributed by atoms with van der Waals surface area (Å²) in [5.41, 5.74) is 3.80. The number of aryl methyl sites for hydroxylation is 2. The zero-order valence-electron chi connectivity index (χ0n) is 10.3. The number of carbonyl (C=O) groups excluding carboxylic acids is 1. The van der Waals surface area contributed by atoms with Gasteiger partial charge in [0.05, 0.1) is 5.69 Å². The summed E-state index contributed by atoms with van der Waals surface area (Å²) in [7, 11) is 0. The Hall–Kier alpha value is -1.61. The Morgan fingerprint density at radius 3 is 2.33 bits per heavy atom. The van der Waals surface area contributed by atoms with Gasteiger partial charge in [0.2, 0.25) is 0 Å². The van der Waals surface area contributed by atoms with Crippen molar-refractivity contribution in [2.45, 2.75) is 13.8 Å². The smallest absolute Gasteiger partial charge is 0.255 e. The van der Waals surface area contributed by atoms with E-state index in [1.165, 1.54) is 5.56 Å². The lowest BCUT2D eigenvalue weighted by molar-refractivity contribution is 0.102. The van der Waals surface area contributed by atoms with E-state index in [9.17, 15) is 4.79 Å². The molecule has 1 N–H and O–H groups in total. The van der Waals surface area contributed by atoms with E-state index in [2.05, 4.69) is 21.2 Å². The Balaban J connectivity index is 2.25. The van der Waals surface area contributed by atoms with E-state index in [1.54, 1.807) is 12.1 Å². The molecule has 0 radical (unpaired) electrons. The molecular weight excluding hydrogens is 290 g/mol. The molecule has 0 spiro atoms. The maximum Gasteiger partial charge on any atom is 0.255 e. The van der Waals surface area contributed by atoms with E-state index in [1.807, 2.05) is 44.2 Å². The second kappa shape index (κ2) is 5.36. The standard InChI is InChI=1S/C15H14BrNO/c1-10-8-13(16)14(9-11(10)2)17-15(18)12-6-4-3-5-7-12/h3-9H,1-2H3,(H,17,18). The molecule has 2 rings (SSSR count). The maximum absolute atomic E-state index is 12.0. The van der Waals surface area contributed by atoms with Gasteiger partial charge in [-0.15, -0.1) is 0 Å². The number of amides is 1. The number of benzene rings is 2. The maximum atomic E-state index is 12.0. The fourth-order valence-electron chi connectivity index (χ4n) is 1.66. The summed E-state index contributed by atoms with van der Waals surface area (Å²) >= 11 is 3.47. The lowest BCUT2D eigenvalue weighted by Crippen LogP contribution is -2.12.